The molecule has 1 heterocycles. The van der Waals surface area contributed by atoms with Crippen molar-refractivity contribution in [2.45, 2.75) is 37.8 Å². The molecule has 92 valence electrons. The highest BCUT2D eigenvalue weighted by molar-refractivity contribution is 5.92. The number of nitrogens with one attached hydrogen (secondary N) is 1. The molecule has 2 saturated carbocycles. The third-order valence-corrected chi connectivity index (χ3v) is 3.68. The highest BCUT2D eigenvalue weighted by Gasteiger charge is 2.29. The summed E-state index contributed by atoms with van der Waals surface area (Å²) in [5.41, 5.74) is 6.74. The van der Waals surface area contributed by atoms with Crippen molar-refractivity contribution >= 4 is 5.91 Å². The van der Waals surface area contributed by atoms with Gasteiger partial charge in [-0.1, -0.05) is 0 Å². The molecule has 1 amide bonds. The highest BCUT2D eigenvalue weighted by Crippen LogP contribution is 2.36. The molecule has 1 aromatic rings. The Hall–Kier alpha value is -1.29. The van der Waals surface area contributed by atoms with Crippen molar-refractivity contribution in [1.29, 1.82) is 0 Å². The molecule has 3 N–H and O–H groups in total. The second-order valence-corrected chi connectivity index (χ2v) is 5.24. The normalized spacial score (nSPS) is 21.2. The average Bonchev–Trinajstić information content (AvgIpc) is 3.23. The van der Waals surface area contributed by atoms with Crippen molar-refractivity contribution in [3.05, 3.63) is 24.0 Å². The van der Waals surface area contributed by atoms with Crippen LogP contribution >= 0.6 is 0 Å². The monoisotopic (exact) mass is 233 g/mol. The Morgan fingerprint density at radius 3 is 2.88 bits per heavy atom. The number of amides is 1. The van der Waals surface area contributed by atoms with Crippen LogP contribution in [0.3, 0.4) is 0 Å². The van der Waals surface area contributed by atoms with Crippen LogP contribution in [0.25, 0.3) is 0 Å². The summed E-state index contributed by atoms with van der Waals surface area (Å²) in [6, 6.07) is 4.50. The molecule has 17 heavy (non-hydrogen) atoms. The first-order chi connectivity index (χ1) is 8.25. The lowest BCUT2D eigenvalue weighted by atomic mass is 10.2. The molecule has 1 aromatic heterocycles. The molecule has 2 aliphatic carbocycles. The van der Waals surface area contributed by atoms with E-state index in [1.807, 2.05) is 18.3 Å². The van der Waals surface area contributed by atoms with Gasteiger partial charge >= 0.3 is 0 Å². The average molecular weight is 233 g/mol. The van der Waals surface area contributed by atoms with Gasteiger partial charge in [-0.3, -0.25) is 4.79 Å². The number of carbonyl (C=O) groups excluding carboxylic acids is 1. The largest absolute Gasteiger partial charge is 0.349 e. The molecule has 4 nitrogen and oxygen atoms in total. The summed E-state index contributed by atoms with van der Waals surface area (Å²) < 4.78 is 2.08. The van der Waals surface area contributed by atoms with Crippen molar-refractivity contribution in [2.24, 2.45) is 11.7 Å². The Bertz CT molecular complexity index is 418. The number of aromatic nitrogens is 1. The van der Waals surface area contributed by atoms with E-state index in [1.165, 1.54) is 25.7 Å². The lowest BCUT2D eigenvalue weighted by Crippen LogP contribution is -2.39. The van der Waals surface area contributed by atoms with Crippen molar-refractivity contribution in [3.63, 3.8) is 0 Å². The molecule has 0 bridgehead atoms. The first kappa shape index (κ1) is 10.8. The number of hydrogen-bond donors (Lipinski definition) is 2. The van der Waals surface area contributed by atoms with E-state index in [-0.39, 0.29) is 11.9 Å². The Morgan fingerprint density at radius 1 is 1.47 bits per heavy atom. The summed E-state index contributed by atoms with van der Waals surface area (Å²) in [6.45, 7) is 0.597. The van der Waals surface area contributed by atoms with E-state index >= 15 is 0 Å². The van der Waals surface area contributed by atoms with E-state index in [2.05, 4.69) is 9.88 Å². The molecule has 0 saturated heterocycles. The van der Waals surface area contributed by atoms with Gasteiger partial charge in [0.05, 0.1) is 0 Å². The fourth-order valence-corrected chi connectivity index (χ4v) is 2.25. The summed E-state index contributed by atoms with van der Waals surface area (Å²) in [5.74, 6) is 0.642. The zero-order valence-electron chi connectivity index (χ0n) is 9.93. The Balaban J connectivity index is 1.58. The number of nitrogens with two attached hydrogens (primary N) is 1. The van der Waals surface area contributed by atoms with Crippen LogP contribution < -0.4 is 11.1 Å². The predicted molar refractivity (Wildman–Crippen MR) is 65.7 cm³/mol. The molecular formula is C13H19N3O. The maximum Gasteiger partial charge on any atom is 0.267 e. The highest BCUT2D eigenvalue weighted by atomic mass is 16.1. The fourth-order valence-electron chi connectivity index (χ4n) is 2.25. The minimum Gasteiger partial charge on any atom is -0.349 e. The first-order valence-corrected chi connectivity index (χ1v) is 6.46. The zero-order chi connectivity index (χ0) is 11.8. The zero-order valence-corrected chi connectivity index (χ0v) is 9.93. The molecule has 4 heteroatoms. The third kappa shape index (κ3) is 2.36. The number of hydrogen-bond acceptors (Lipinski definition) is 2. The second-order valence-electron chi connectivity index (χ2n) is 5.24. The second kappa shape index (κ2) is 4.18. The Kier molecular flexibility index (Phi) is 2.67. The third-order valence-electron chi connectivity index (χ3n) is 3.68. The van der Waals surface area contributed by atoms with Crippen LogP contribution in [0.15, 0.2) is 18.3 Å². The van der Waals surface area contributed by atoms with Gasteiger partial charge in [0.1, 0.15) is 5.69 Å². The van der Waals surface area contributed by atoms with Gasteiger partial charge in [-0.2, -0.15) is 0 Å². The van der Waals surface area contributed by atoms with Gasteiger partial charge in [-0.15, -0.1) is 0 Å². The maximum absolute atomic E-state index is 12.0. The van der Waals surface area contributed by atoms with E-state index in [0.717, 1.165) is 5.69 Å². The van der Waals surface area contributed by atoms with Crippen LogP contribution in [-0.4, -0.2) is 23.1 Å². The van der Waals surface area contributed by atoms with Crippen molar-refractivity contribution in [1.82, 2.24) is 9.88 Å². The summed E-state index contributed by atoms with van der Waals surface area (Å²) in [7, 11) is 0. The lowest BCUT2D eigenvalue weighted by Gasteiger charge is -2.12. The quantitative estimate of drug-likeness (QED) is 0.805. The number of rotatable bonds is 5. The minimum atomic E-state index is 0.0120. The van der Waals surface area contributed by atoms with Crippen molar-refractivity contribution in [2.75, 3.05) is 6.54 Å². The van der Waals surface area contributed by atoms with Crippen LogP contribution in [0.2, 0.25) is 0 Å². The van der Waals surface area contributed by atoms with E-state index in [9.17, 15) is 4.79 Å². The van der Waals surface area contributed by atoms with Gasteiger partial charge in [0.25, 0.3) is 5.91 Å². The minimum absolute atomic E-state index is 0.0120. The van der Waals surface area contributed by atoms with Crippen LogP contribution in [0.1, 0.15) is 42.2 Å². The molecule has 1 unspecified atom stereocenters. The van der Waals surface area contributed by atoms with E-state index < -0.39 is 0 Å². The topological polar surface area (TPSA) is 60.0 Å². The number of nitrogens with zero attached hydrogens (tertiary/aromatic N) is 1. The van der Waals surface area contributed by atoms with Gasteiger partial charge in [0, 0.05) is 24.8 Å². The van der Waals surface area contributed by atoms with Gasteiger partial charge in [-0.25, -0.2) is 0 Å². The molecule has 2 fully saturated rings. The number of carbonyl (C=O) groups is 1. The smallest absolute Gasteiger partial charge is 0.267 e. The van der Waals surface area contributed by atoms with Crippen molar-refractivity contribution in [3.8, 4) is 0 Å². The predicted octanol–water partition coefficient (Wildman–Crippen LogP) is 1.29. The molecule has 0 spiro atoms. The van der Waals surface area contributed by atoms with Gasteiger partial charge < -0.3 is 15.6 Å². The van der Waals surface area contributed by atoms with E-state index in [0.29, 0.717) is 18.5 Å². The van der Waals surface area contributed by atoms with Gasteiger partial charge in [0.15, 0.2) is 0 Å². The van der Waals surface area contributed by atoms with Crippen LogP contribution in [0, 0.1) is 5.92 Å². The summed E-state index contributed by atoms with van der Waals surface area (Å²) >= 11 is 0. The molecule has 3 rings (SSSR count). The summed E-state index contributed by atoms with van der Waals surface area (Å²) in [4.78, 5) is 12.0. The standard InChI is InChI=1S/C13H19N3O/c14-11(9-3-4-9)8-15-13(17)12-2-1-7-16(12)10-5-6-10/h1-2,7,9-11H,3-6,8,14H2,(H,15,17). The SMILES string of the molecule is NC(CNC(=O)c1cccn1C1CC1)C1CC1. The lowest BCUT2D eigenvalue weighted by molar-refractivity contribution is 0.0941. The molecule has 1 atom stereocenters. The molecular weight excluding hydrogens is 214 g/mol. The fraction of sp³-hybridized carbons (Fsp3) is 0.615. The molecule has 2 aliphatic rings. The van der Waals surface area contributed by atoms with Crippen LogP contribution in [-0.2, 0) is 0 Å². The summed E-state index contributed by atoms with van der Waals surface area (Å²) in [6.07, 6.45) is 6.81. The van der Waals surface area contributed by atoms with Crippen molar-refractivity contribution < 1.29 is 4.79 Å². The Morgan fingerprint density at radius 2 is 2.24 bits per heavy atom. The maximum atomic E-state index is 12.0. The van der Waals surface area contributed by atoms with E-state index in [1.54, 1.807) is 0 Å². The first-order valence-electron chi connectivity index (χ1n) is 6.46. The molecule has 0 aliphatic heterocycles. The molecule has 0 radical (unpaired) electrons. The Labute approximate surface area is 101 Å². The van der Waals surface area contributed by atoms with Crippen LogP contribution in [0.4, 0.5) is 0 Å². The van der Waals surface area contributed by atoms with Gasteiger partial charge in [-0.05, 0) is 43.7 Å². The van der Waals surface area contributed by atoms with Crippen LogP contribution in [0.5, 0.6) is 0 Å². The van der Waals surface area contributed by atoms with E-state index in [4.69, 9.17) is 5.73 Å². The van der Waals surface area contributed by atoms with Gasteiger partial charge in [0.2, 0.25) is 0 Å². The molecule has 0 aromatic carbocycles. The summed E-state index contributed by atoms with van der Waals surface area (Å²) in [5, 5.41) is 2.94.